The zero-order valence-electron chi connectivity index (χ0n) is 11.7. The van der Waals surface area contributed by atoms with Crippen molar-refractivity contribution in [2.24, 2.45) is 11.8 Å². The van der Waals surface area contributed by atoms with Gasteiger partial charge < -0.3 is 10.0 Å². The summed E-state index contributed by atoms with van der Waals surface area (Å²) in [4.78, 5) is 1.82. The molecule has 1 aromatic carbocycles. The van der Waals surface area contributed by atoms with Crippen molar-refractivity contribution < 1.29 is 13.9 Å². The van der Waals surface area contributed by atoms with Gasteiger partial charge in [-0.25, -0.2) is 8.78 Å². The molecule has 19 heavy (non-hydrogen) atoms. The van der Waals surface area contributed by atoms with Crippen LogP contribution < -0.4 is 4.90 Å². The number of rotatable bonds is 2. The Bertz CT molecular complexity index is 440. The fourth-order valence-electron chi connectivity index (χ4n) is 2.99. The normalized spacial score (nSPS) is 27.7. The molecule has 1 saturated heterocycles. The van der Waals surface area contributed by atoms with Crippen LogP contribution in [0.1, 0.15) is 32.8 Å². The molecule has 2 nitrogen and oxygen atoms in total. The van der Waals surface area contributed by atoms with E-state index in [-0.39, 0.29) is 23.9 Å². The first kappa shape index (κ1) is 14.3. The quantitative estimate of drug-likeness (QED) is 0.890. The lowest BCUT2D eigenvalue weighted by Gasteiger charge is -2.42. The first-order valence-corrected chi connectivity index (χ1v) is 6.79. The van der Waals surface area contributed by atoms with Gasteiger partial charge >= 0.3 is 0 Å². The van der Waals surface area contributed by atoms with Crippen molar-refractivity contribution in [1.29, 1.82) is 0 Å². The lowest BCUT2D eigenvalue weighted by molar-refractivity contribution is 0.279. The fraction of sp³-hybridized carbons (Fsp3) is 0.600. The van der Waals surface area contributed by atoms with Crippen molar-refractivity contribution in [3.8, 4) is 0 Å². The Balaban J connectivity index is 2.40. The Hall–Kier alpha value is -1.16. The third kappa shape index (κ3) is 2.73. The van der Waals surface area contributed by atoms with Crippen LogP contribution in [0.5, 0.6) is 0 Å². The summed E-state index contributed by atoms with van der Waals surface area (Å²) >= 11 is 0. The fourth-order valence-corrected chi connectivity index (χ4v) is 2.99. The summed E-state index contributed by atoms with van der Waals surface area (Å²) in [6.07, 6.45) is 1.08. The highest BCUT2D eigenvalue weighted by atomic mass is 19.1. The molecule has 106 valence electrons. The van der Waals surface area contributed by atoms with Crippen LogP contribution >= 0.6 is 0 Å². The molecule has 3 atom stereocenters. The van der Waals surface area contributed by atoms with E-state index >= 15 is 0 Å². The lowest BCUT2D eigenvalue weighted by atomic mass is 9.85. The number of aliphatic hydroxyl groups is 1. The average molecular weight is 269 g/mol. The Morgan fingerprint density at radius 2 is 1.79 bits per heavy atom. The van der Waals surface area contributed by atoms with Crippen LogP contribution in [-0.4, -0.2) is 17.7 Å². The molecule has 0 saturated carbocycles. The first-order valence-electron chi connectivity index (χ1n) is 6.79. The zero-order valence-corrected chi connectivity index (χ0v) is 11.7. The summed E-state index contributed by atoms with van der Waals surface area (Å²) in [6.45, 7) is 6.54. The van der Waals surface area contributed by atoms with Crippen LogP contribution in [0.25, 0.3) is 0 Å². The zero-order chi connectivity index (χ0) is 14.2. The van der Waals surface area contributed by atoms with E-state index in [0.717, 1.165) is 6.42 Å². The van der Waals surface area contributed by atoms with Crippen molar-refractivity contribution in [3.63, 3.8) is 0 Å². The van der Waals surface area contributed by atoms with E-state index < -0.39 is 11.6 Å². The van der Waals surface area contributed by atoms with Crippen molar-refractivity contribution in [2.45, 2.75) is 39.8 Å². The SMILES string of the molecule is CC1CC(C)C(C)N(c2c(F)cc(CO)cc2F)C1. The molecule has 0 bridgehead atoms. The molecule has 4 heteroatoms. The molecular formula is C15H21F2NO. The first-order chi connectivity index (χ1) is 8.93. The second-order valence-electron chi connectivity index (χ2n) is 5.78. The van der Waals surface area contributed by atoms with Gasteiger partial charge in [-0.3, -0.25) is 0 Å². The van der Waals surface area contributed by atoms with Crippen molar-refractivity contribution in [2.75, 3.05) is 11.4 Å². The molecule has 1 aromatic rings. The van der Waals surface area contributed by atoms with Gasteiger partial charge in [0.25, 0.3) is 0 Å². The van der Waals surface area contributed by atoms with E-state index in [1.165, 1.54) is 12.1 Å². The Kier molecular flexibility index (Phi) is 4.09. The number of hydrogen-bond acceptors (Lipinski definition) is 2. The largest absolute Gasteiger partial charge is 0.392 e. The van der Waals surface area contributed by atoms with Gasteiger partial charge in [0.1, 0.15) is 17.3 Å². The molecule has 1 heterocycles. The summed E-state index contributed by atoms with van der Waals surface area (Å²) in [7, 11) is 0. The van der Waals surface area contributed by atoms with Gasteiger partial charge in [-0.05, 0) is 42.9 Å². The molecule has 0 aromatic heterocycles. The standard InChI is InChI=1S/C15H21F2NO/c1-9-4-10(2)11(3)18(7-9)15-13(16)5-12(8-19)6-14(15)17/h5-6,9-11,19H,4,7-8H2,1-3H3. The van der Waals surface area contributed by atoms with Gasteiger partial charge in [-0.15, -0.1) is 0 Å². The molecule has 2 rings (SSSR count). The highest BCUT2D eigenvalue weighted by molar-refractivity contribution is 5.52. The molecule has 1 fully saturated rings. The summed E-state index contributed by atoms with van der Waals surface area (Å²) in [6, 6.07) is 2.55. The minimum atomic E-state index is -0.586. The van der Waals surface area contributed by atoms with E-state index in [2.05, 4.69) is 13.8 Å². The van der Waals surface area contributed by atoms with E-state index in [4.69, 9.17) is 5.11 Å². The molecule has 0 spiro atoms. The molecule has 0 radical (unpaired) electrons. The molecule has 1 aliphatic heterocycles. The lowest BCUT2D eigenvalue weighted by Crippen LogP contribution is -2.46. The number of halogens is 2. The maximum atomic E-state index is 14.1. The van der Waals surface area contributed by atoms with Crippen LogP contribution in [0.2, 0.25) is 0 Å². The topological polar surface area (TPSA) is 23.5 Å². The molecule has 0 aliphatic carbocycles. The summed E-state index contributed by atoms with van der Waals surface area (Å²) in [5, 5.41) is 8.98. The van der Waals surface area contributed by atoms with Crippen molar-refractivity contribution in [1.82, 2.24) is 0 Å². The van der Waals surface area contributed by atoms with Gasteiger partial charge in [-0.2, -0.15) is 0 Å². The number of benzene rings is 1. The molecular weight excluding hydrogens is 248 g/mol. The Morgan fingerprint density at radius 3 is 2.32 bits per heavy atom. The summed E-state index contributed by atoms with van der Waals surface area (Å²) < 4.78 is 28.2. The smallest absolute Gasteiger partial charge is 0.149 e. The number of aliphatic hydroxyl groups excluding tert-OH is 1. The molecule has 3 unspecified atom stereocenters. The van der Waals surface area contributed by atoms with Crippen LogP contribution in [0.3, 0.4) is 0 Å². The van der Waals surface area contributed by atoms with E-state index in [9.17, 15) is 8.78 Å². The van der Waals surface area contributed by atoms with E-state index in [1.807, 2.05) is 11.8 Å². The van der Waals surface area contributed by atoms with Gasteiger partial charge in [0.15, 0.2) is 0 Å². The highest BCUT2D eigenvalue weighted by Gasteiger charge is 2.32. The minimum absolute atomic E-state index is 0.0445. The monoisotopic (exact) mass is 269 g/mol. The number of anilines is 1. The van der Waals surface area contributed by atoms with Gasteiger partial charge in [-0.1, -0.05) is 13.8 Å². The second-order valence-corrected chi connectivity index (χ2v) is 5.78. The number of piperidine rings is 1. The Morgan fingerprint density at radius 1 is 1.21 bits per heavy atom. The maximum Gasteiger partial charge on any atom is 0.149 e. The van der Waals surface area contributed by atoms with Crippen molar-refractivity contribution in [3.05, 3.63) is 29.3 Å². The summed E-state index contributed by atoms with van der Waals surface area (Å²) in [5.74, 6) is -0.350. The minimum Gasteiger partial charge on any atom is -0.392 e. The highest BCUT2D eigenvalue weighted by Crippen LogP contribution is 2.34. The second kappa shape index (κ2) is 5.45. The molecule has 1 N–H and O–H groups in total. The predicted molar refractivity (Wildman–Crippen MR) is 72.0 cm³/mol. The third-order valence-corrected chi connectivity index (χ3v) is 4.14. The van der Waals surface area contributed by atoms with Crippen LogP contribution in [0, 0.1) is 23.5 Å². The Labute approximate surface area is 113 Å². The van der Waals surface area contributed by atoms with Crippen LogP contribution in [0.15, 0.2) is 12.1 Å². The van der Waals surface area contributed by atoms with E-state index in [1.54, 1.807) is 0 Å². The van der Waals surface area contributed by atoms with Crippen LogP contribution in [-0.2, 0) is 6.61 Å². The van der Waals surface area contributed by atoms with Gasteiger partial charge in [0, 0.05) is 12.6 Å². The number of nitrogens with zero attached hydrogens (tertiary/aromatic N) is 1. The van der Waals surface area contributed by atoms with Gasteiger partial charge in [0.05, 0.1) is 6.61 Å². The molecule has 0 amide bonds. The van der Waals surface area contributed by atoms with Crippen LogP contribution in [0.4, 0.5) is 14.5 Å². The van der Waals surface area contributed by atoms with Crippen molar-refractivity contribution >= 4 is 5.69 Å². The predicted octanol–water partition coefficient (Wildman–Crippen LogP) is 3.33. The third-order valence-electron chi connectivity index (χ3n) is 4.14. The van der Waals surface area contributed by atoms with Gasteiger partial charge in [0.2, 0.25) is 0 Å². The maximum absolute atomic E-state index is 14.1. The molecule has 1 aliphatic rings. The van der Waals surface area contributed by atoms with E-state index in [0.29, 0.717) is 18.4 Å². The number of hydrogen-bond donors (Lipinski definition) is 1. The average Bonchev–Trinajstić information content (AvgIpc) is 2.34. The summed E-state index contributed by atoms with van der Waals surface area (Å²) in [5.41, 5.74) is 0.313.